The zero-order valence-electron chi connectivity index (χ0n) is 9.84. The average Bonchev–Trinajstić information content (AvgIpc) is 2.26. The van der Waals surface area contributed by atoms with Crippen LogP contribution >= 0.6 is 27.7 Å². The van der Waals surface area contributed by atoms with Gasteiger partial charge in [-0.25, -0.2) is 0 Å². The van der Waals surface area contributed by atoms with Gasteiger partial charge in [-0.1, -0.05) is 28.9 Å². The number of aryl methyl sites for hydroxylation is 1. The summed E-state index contributed by atoms with van der Waals surface area (Å²) in [4.78, 5) is 11.3. The first-order chi connectivity index (χ1) is 8.24. The summed E-state index contributed by atoms with van der Waals surface area (Å²) in [7, 11) is 0. The largest absolute Gasteiger partial charge is 0.446 e. The topological polar surface area (TPSA) is 17.1 Å². The SMILES string of the molecule is CCc1ccc(SC(F)(F)F)c(C(=O)C(C)Br)c1. The smallest absolute Gasteiger partial charge is 0.293 e. The Kier molecular flexibility index (Phi) is 5.28. The lowest BCUT2D eigenvalue weighted by atomic mass is 10.0. The fraction of sp³-hybridized carbons (Fsp3) is 0.417. The van der Waals surface area contributed by atoms with Crippen molar-refractivity contribution in [3.63, 3.8) is 0 Å². The molecule has 0 heterocycles. The number of carbonyl (C=O) groups excluding carboxylic acids is 1. The monoisotopic (exact) mass is 340 g/mol. The van der Waals surface area contributed by atoms with Crippen molar-refractivity contribution in [1.29, 1.82) is 0 Å². The summed E-state index contributed by atoms with van der Waals surface area (Å²) in [5.74, 6) is -0.336. The van der Waals surface area contributed by atoms with Gasteiger partial charge in [0.25, 0.3) is 0 Å². The fourth-order valence-corrected chi connectivity index (χ4v) is 2.32. The Hall–Kier alpha value is -0.490. The maximum absolute atomic E-state index is 12.4. The summed E-state index contributed by atoms with van der Waals surface area (Å²) in [5.41, 5.74) is -3.42. The maximum atomic E-state index is 12.4. The van der Waals surface area contributed by atoms with Crippen LogP contribution in [0.3, 0.4) is 0 Å². The van der Waals surface area contributed by atoms with E-state index < -0.39 is 10.3 Å². The third kappa shape index (κ3) is 4.31. The van der Waals surface area contributed by atoms with E-state index in [1.54, 1.807) is 13.0 Å². The number of Topliss-reactive ketones (excluding diaryl/α,β-unsaturated/α-hetero) is 1. The van der Waals surface area contributed by atoms with Crippen molar-refractivity contribution in [2.24, 2.45) is 0 Å². The minimum absolute atomic E-state index is 0.0454. The molecule has 0 amide bonds. The molecular weight excluding hydrogens is 329 g/mol. The van der Waals surface area contributed by atoms with Crippen LogP contribution in [0.15, 0.2) is 23.1 Å². The second-order valence-electron chi connectivity index (χ2n) is 3.71. The molecule has 18 heavy (non-hydrogen) atoms. The number of halogens is 4. The molecule has 0 saturated carbocycles. The van der Waals surface area contributed by atoms with E-state index in [1.165, 1.54) is 12.1 Å². The molecule has 0 aliphatic heterocycles. The maximum Gasteiger partial charge on any atom is 0.446 e. The van der Waals surface area contributed by atoms with Crippen LogP contribution < -0.4 is 0 Å². The zero-order valence-corrected chi connectivity index (χ0v) is 12.2. The van der Waals surface area contributed by atoms with E-state index in [4.69, 9.17) is 0 Å². The van der Waals surface area contributed by atoms with Crippen LogP contribution in [-0.2, 0) is 6.42 Å². The molecule has 0 aromatic heterocycles. The van der Waals surface area contributed by atoms with Gasteiger partial charge in [-0.3, -0.25) is 4.79 Å². The molecular formula is C12H12BrF3OS. The van der Waals surface area contributed by atoms with Crippen LogP contribution in [0.5, 0.6) is 0 Å². The van der Waals surface area contributed by atoms with Gasteiger partial charge in [0.15, 0.2) is 5.78 Å². The molecule has 6 heteroatoms. The van der Waals surface area contributed by atoms with Gasteiger partial charge in [-0.2, -0.15) is 13.2 Å². The van der Waals surface area contributed by atoms with Gasteiger partial charge in [-0.15, -0.1) is 0 Å². The number of hydrogen-bond acceptors (Lipinski definition) is 2. The van der Waals surface area contributed by atoms with Crippen LogP contribution in [0, 0.1) is 0 Å². The molecule has 0 spiro atoms. The third-order valence-electron chi connectivity index (χ3n) is 2.30. The zero-order chi connectivity index (χ0) is 13.9. The van der Waals surface area contributed by atoms with E-state index in [9.17, 15) is 18.0 Å². The van der Waals surface area contributed by atoms with Gasteiger partial charge >= 0.3 is 5.51 Å². The van der Waals surface area contributed by atoms with Crippen LogP contribution in [-0.4, -0.2) is 16.1 Å². The molecule has 1 aromatic carbocycles. The van der Waals surface area contributed by atoms with Gasteiger partial charge in [0.2, 0.25) is 0 Å². The van der Waals surface area contributed by atoms with E-state index in [2.05, 4.69) is 15.9 Å². The molecule has 0 aliphatic rings. The van der Waals surface area contributed by atoms with E-state index in [1.807, 2.05) is 6.92 Å². The molecule has 0 N–H and O–H groups in total. The van der Waals surface area contributed by atoms with E-state index in [-0.39, 0.29) is 28.0 Å². The Morgan fingerprint density at radius 1 is 1.44 bits per heavy atom. The molecule has 1 nitrogen and oxygen atoms in total. The molecule has 1 aromatic rings. The van der Waals surface area contributed by atoms with Crippen molar-refractivity contribution in [2.75, 3.05) is 0 Å². The fourth-order valence-electron chi connectivity index (χ4n) is 1.42. The Labute approximate surface area is 116 Å². The second kappa shape index (κ2) is 6.10. The average molecular weight is 341 g/mol. The van der Waals surface area contributed by atoms with Crippen LogP contribution in [0.25, 0.3) is 0 Å². The molecule has 0 saturated heterocycles. The summed E-state index contributed by atoms with van der Waals surface area (Å²) in [6.45, 7) is 3.49. The van der Waals surface area contributed by atoms with Crippen molar-refractivity contribution in [3.8, 4) is 0 Å². The molecule has 1 atom stereocenters. The first-order valence-electron chi connectivity index (χ1n) is 5.31. The normalized spacial score (nSPS) is 13.4. The van der Waals surface area contributed by atoms with Gasteiger partial charge in [0.05, 0.1) is 4.83 Å². The number of hydrogen-bond donors (Lipinski definition) is 0. The number of alkyl halides is 4. The number of rotatable bonds is 4. The second-order valence-corrected chi connectivity index (χ2v) is 6.19. The van der Waals surface area contributed by atoms with E-state index >= 15 is 0 Å². The van der Waals surface area contributed by atoms with Crippen LogP contribution in [0.4, 0.5) is 13.2 Å². The Morgan fingerprint density at radius 3 is 2.50 bits per heavy atom. The third-order valence-corrected chi connectivity index (χ3v) is 3.53. The minimum atomic E-state index is -4.39. The standard InChI is InChI=1S/C12H12BrF3OS/c1-3-8-4-5-10(18-12(14,15)16)9(6-8)11(17)7(2)13/h4-7H,3H2,1-2H3. The number of thioether (sulfide) groups is 1. The number of carbonyl (C=O) groups is 1. The highest BCUT2D eigenvalue weighted by Crippen LogP contribution is 2.39. The van der Waals surface area contributed by atoms with Crippen LogP contribution in [0.2, 0.25) is 0 Å². The van der Waals surface area contributed by atoms with Crippen molar-refractivity contribution in [3.05, 3.63) is 29.3 Å². The molecule has 0 fully saturated rings. The Morgan fingerprint density at radius 2 is 2.06 bits per heavy atom. The summed E-state index contributed by atoms with van der Waals surface area (Å²) in [5, 5.41) is 0. The Balaban J connectivity index is 3.20. The first-order valence-corrected chi connectivity index (χ1v) is 7.04. The van der Waals surface area contributed by atoms with Gasteiger partial charge in [-0.05, 0) is 42.8 Å². The summed E-state index contributed by atoms with van der Waals surface area (Å²) < 4.78 is 37.2. The van der Waals surface area contributed by atoms with Crippen molar-refractivity contribution in [1.82, 2.24) is 0 Å². The number of ketones is 1. The molecule has 100 valence electrons. The van der Waals surface area contributed by atoms with E-state index in [0.717, 1.165) is 5.56 Å². The Bertz CT molecular complexity index is 443. The highest BCUT2D eigenvalue weighted by atomic mass is 79.9. The quantitative estimate of drug-likeness (QED) is 0.443. The lowest BCUT2D eigenvalue weighted by Gasteiger charge is -2.12. The van der Waals surface area contributed by atoms with Crippen molar-refractivity contribution < 1.29 is 18.0 Å². The highest BCUT2D eigenvalue weighted by Gasteiger charge is 2.31. The van der Waals surface area contributed by atoms with Gasteiger partial charge in [0.1, 0.15) is 0 Å². The molecule has 0 radical (unpaired) electrons. The predicted octanol–water partition coefficient (Wildman–Crippen LogP) is 4.83. The molecule has 1 unspecified atom stereocenters. The summed E-state index contributed by atoms with van der Waals surface area (Å²) >= 11 is 2.85. The van der Waals surface area contributed by atoms with Crippen LogP contribution in [0.1, 0.15) is 29.8 Å². The van der Waals surface area contributed by atoms with E-state index in [0.29, 0.717) is 6.42 Å². The molecule has 0 bridgehead atoms. The lowest BCUT2D eigenvalue weighted by molar-refractivity contribution is -0.0328. The van der Waals surface area contributed by atoms with Gasteiger partial charge < -0.3 is 0 Å². The van der Waals surface area contributed by atoms with Crippen molar-refractivity contribution in [2.45, 2.75) is 35.5 Å². The summed E-state index contributed by atoms with van der Waals surface area (Å²) in [6, 6.07) is 4.51. The van der Waals surface area contributed by atoms with Crippen molar-refractivity contribution >= 4 is 33.5 Å². The molecule has 0 aliphatic carbocycles. The minimum Gasteiger partial charge on any atom is -0.293 e. The highest BCUT2D eigenvalue weighted by molar-refractivity contribution is 9.10. The molecule has 1 rings (SSSR count). The lowest BCUT2D eigenvalue weighted by Crippen LogP contribution is -2.13. The first kappa shape index (κ1) is 15.6. The summed E-state index contributed by atoms with van der Waals surface area (Å²) in [6.07, 6.45) is 0.675. The predicted molar refractivity (Wildman–Crippen MR) is 70.5 cm³/mol. The number of benzene rings is 1. The van der Waals surface area contributed by atoms with Gasteiger partial charge in [0, 0.05) is 10.5 Å².